The Bertz CT molecular complexity index is 435. The molecule has 0 atom stereocenters. The monoisotopic (exact) mass is 293 g/mol. The van der Waals surface area contributed by atoms with Gasteiger partial charge in [-0.15, -0.1) is 0 Å². The van der Waals surface area contributed by atoms with Crippen LogP contribution in [0.4, 0.5) is 10.1 Å². The van der Waals surface area contributed by atoms with Crippen molar-refractivity contribution in [2.45, 2.75) is 26.4 Å². The van der Waals surface area contributed by atoms with Gasteiger partial charge in [-0.25, -0.2) is 4.39 Å². The minimum atomic E-state index is -0.706. The quantitative estimate of drug-likeness (QED) is 0.859. The normalized spacial score (nSPS) is 11.4. The number of nitrogens with one attached hydrogen (secondary N) is 1. The van der Waals surface area contributed by atoms with Gasteiger partial charge in [0.2, 0.25) is 5.91 Å². The van der Waals surface area contributed by atoms with Gasteiger partial charge in [0.1, 0.15) is 6.61 Å². The smallest absolute Gasteiger partial charge is 0.250 e. The van der Waals surface area contributed by atoms with Crippen LogP contribution in [0.5, 0.6) is 0 Å². The fraction of sp³-hybridized carbons (Fsp3) is 0.417. The first-order chi connectivity index (χ1) is 8.19. The summed E-state index contributed by atoms with van der Waals surface area (Å²) < 4.78 is 18.4. The Labute approximate surface area is 115 Å². The summed E-state index contributed by atoms with van der Waals surface area (Å²) in [4.78, 5) is 11.6. The largest absolute Gasteiger partial charge is 0.366 e. The van der Waals surface area contributed by atoms with Gasteiger partial charge in [0.25, 0.3) is 0 Å². The van der Waals surface area contributed by atoms with Gasteiger partial charge in [-0.1, -0.05) is 23.2 Å². The number of carbonyl (C=O) groups excluding carboxylic acids is 1. The maximum Gasteiger partial charge on any atom is 0.250 e. The highest BCUT2D eigenvalue weighted by molar-refractivity contribution is 6.35. The molecule has 0 aliphatic carbocycles. The predicted octanol–water partition coefficient (Wildman–Crippen LogP) is 3.89. The molecule has 1 aromatic rings. The van der Waals surface area contributed by atoms with E-state index in [9.17, 15) is 9.18 Å². The van der Waals surface area contributed by atoms with Gasteiger partial charge in [-0.3, -0.25) is 4.79 Å². The fourth-order valence-corrected chi connectivity index (χ4v) is 1.59. The molecule has 0 saturated carbocycles. The van der Waals surface area contributed by atoms with Crippen LogP contribution >= 0.6 is 23.2 Å². The third kappa shape index (κ3) is 4.80. The summed E-state index contributed by atoms with van der Waals surface area (Å²) >= 11 is 11.2. The average molecular weight is 294 g/mol. The first-order valence-electron chi connectivity index (χ1n) is 5.27. The molecule has 6 heteroatoms. The highest BCUT2D eigenvalue weighted by Gasteiger charge is 2.14. The first-order valence-corrected chi connectivity index (χ1v) is 6.03. The number of benzene rings is 1. The van der Waals surface area contributed by atoms with Crippen LogP contribution in [-0.2, 0) is 9.53 Å². The molecule has 0 aromatic heterocycles. The number of halogens is 3. The molecule has 1 N–H and O–H groups in total. The van der Waals surface area contributed by atoms with Crippen molar-refractivity contribution in [3.8, 4) is 0 Å². The summed E-state index contributed by atoms with van der Waals surface area (Å²) in [7, 11) is 0. The van der Waals surface area contributed by atoms with Crippen LogP contribution in [0.2, 0.25) is 10.0 Å². The Morgan fingerprint density at radius 1 is 1.33 bits per heavy atom. The van der Waals surface area contributed by atoms with Crippen molar-refractivity contribution in [3.63, 3.8) is 0 Å². The molecule has 3 nitrogen and oxygen atoms in total. The van der Waals surface area contributed by atoms with Gasteiger partial charge in [-0.2, -0.15) is 0 Å². The Morgan fingerprint density at radius 3 is 2.28 bits per heavy atom. The molecule has 1 aromatic carbocycles. The number of anilines is 1. The van der Waals surface area contributed by atoms with Crippen LogP contribution in [0, 0.1) is 5.82 Å². The summed E-state index contributed by atoms with van der Waals surface area (Å²) in [6.45, 7) is 5.42. The van der Waals surface area contributed by atoms with E-state index in [1.807, 2.05) is 20.8 Å². The second kappa shape index (κ2) is 5.87. The van der Waals surface area contributed by atoms with E-state index >= 15 is 0 Å². The average Bonchev–Trinajstić information content (AvgIpc) is 2.22. The van der Waals surface area contributed by atoms with Gasteiger partial charge in [0, 0.05) is 5.69 Å². The Balaban J connectivity index is 2.65. The topological polar surface area (TPSA) is 38.3 Å². The zero-order valence-corrected chi connectivity index (χ0v) is 11.8. The third-order valence-corrected chi connectivity index (χ3v) is 2.45. The van der Waals surface area contributed by atoms with Crippen LogP contribution in [0.1, 0.15) is 20.8 Å². The maximum absolute atomic E-state index is 13.2. The van der Waals surface area contributed by atoms with E-state index in [0.29, 0.717) is 5.69 Å². The Hall–Kier alpha value is -0.840. The van der Waals surface area contributed by atoms with E-state index in [1.54, 1.807) is 0 Å². The number of hydrogen-bond acceptors (Lipinski definition) is 2. The van der Waals surface area contributed by atoms with E-state index in [-0.39, 0.29) is 22.6 Å². The number of carbonyl (C=O) groups is 1. The first kappa shape index (κ1) is 15.2. The second-order valence-corrected chi connectivity index (χ2v) is 5.52. The number of amides is 1. The van der Waals surface area contributed by atoms with E-state index in [1.165, 1.54) is 12.1 Å². The Kier molecular flexibility index (Phi) is 4.96. The molecule has 0 saturated heterocycles. The summed E-state index contributed by atoms with van der Waals surface area (Å²) in [5.41, 5.74) is -0.0796. The van der Waals surface area contributed by atoms with Crippen molar-refractivity contribution in [2.75, 3.05) is 11.9 Å². The van der Waals surface area contributed by atoms with Crippen LogP contribution < -0.4 is 5.32 Å². The van der Waals surface area contributed by atoms with Gasteiger partial charge in [-0.05, 0) is 32.9 Å². The lowest BCUT2D eigenvalue weighted by Gasteiger charge is -2.19. The molecule has 0 heterocycles. The zero-order valence-electron chi connectivity index (χ0n) is 10.3. The number of ether oxygens (including phenoxy) is 1. The molecule has 0 aliphatic heterocycles. The molecule has 0 bridgehead atoms. The molecular weight excluding hydrogens is 280 g/mol. The highest BCUT2D eigenvalue weighted by atomic mass is 35.5. The van der Waals surface area contributed by atoms with Crippen molar-refractivity contribution >= 4 is 34.8 Å². The molecular formula is C12H14Cl2FNO2. The molecule has 1 rings (SSSR count). The van der Waals surface area contributed by atoms with E-state index in [0.717, 1.165) is 0 Å². The van der Waals surface area contributed by atoms with Crippen molar-refractivity contribution < 1.29 is 13.9 Å². The number of hydrogen-bond donors (Lipinski definition) is 1. The van der Waals surface area contributed by atoms with Crippen molar-refractivity contribution in [1.29, 1.82) is 0 Å². The van der Waals surface area contributed by atoms with Gasteiger partial charge in [0.05, 0.1) is 15.6 Å². The van der Waals surface area contributed by atoms with Gasteiger partial charge in [0.15, 0.2) is 5.82 Å². The van der Waals surface area contributed by atoms with Crippen LogP contribution in [-0.4, -0.2) is 18.1 Å². The van der Waals surface area contributed by atoms with E-state index in [4.69, 9.17) is 27.9 Å². The minimum Gasteiger partial charge on any atom is -0.366 e. The standard InChI is InChI=1S/C12H14Cl2FNO2/c1-12(2,3)18-6-10(17)16-7-4-8(13)11(15)9(14)5-7/h4-5H,6H2,1-3H3,(H,16,17). The predicted molar refractivity (Wildman–Crippen MR) is 70.8 cm³/mol. The van der Waals surface area contributed by atoms with Crippen LogP contribution in [0.25, 0.3) is 0 Å². The van der Waals surface area contributed by atoms with Crippen molar-refractivity contribution in [3.05, 3.63) is 28.0 Å². The summed E-state index contributed by atoms with van der Waals surface area (Å²) in [6, 6.07) is 2.58. The second-order valence-electron chi connectivity index (χ2n) is 4.70. The molecule has 0 unspecified atom stereocenters. The van der Waals surface area contributed by atoms with Gasteiger partial charge < -0.3 is 10.1 Å². The molecule has 0 radical (unpaired) electrons. The summed E-state index contributed by atoms with van der Waals surface area (Å²) in [6.07, 6.45) is 0. The molecule has 0 aliphatic rings. The zero-order chi connectivity index (χ0) is 13.9. The Morgan fingerprint density at radius 2 is 1.83 bits per heavy atom. The lowest BCUT2D eigenvalue weighted by molar-refractivity contribution is -0.125. The minimum absolute atomic E-state index is 0.101. The van der Waals surface area contributed by atoms with Gasteiger partial charge >= 0.3 is 0 Å². The summed E-state index contributed by atoms with van der Waals surface area (Å²) in [5.74, 6) is -1.06. The van der Waals surface area contributed by atoms with E-state index in [2.05, 4.69) is 5.32 Å². The fourth-order valence-electron chi connectivity index (χ4n) is 1.11. The lowest BCUT2D eigenvalue weighted by Crippen LogP contribution is -2.27. The SMILES string of the molecule is CC(C)(C)OCC(=O)Nc1cc(Cl)c(F)c(Cl)c1. The highest BCUT2D eigenvalue weighted by Crippen LogP contribution is 2.27. The van der Waals surface area contributed by atoms with Crippen molar-refractivity contribution in [1.82, 2.24) is 0 Å². The number of rotatable bonds is 3. The van der Waals surface area contributed by atoms with Crippen LogP contribution in [0.3, 0.4) is 0 Å². The summed E-state index contributed by atoms with van der Waals surface area (Å²) in [5, 5.41) is 2.24. The maximum atomic E-state index is 13.2. The molecule has 0 fully saturated rings. The van der Waals surface area contributed by atoms with Crippen molar-refractivity contribution in [2.24, 2.45) is 0 Å². The third-order valence-electron chi connectivity index (χ3n) is 1.90. The molecule has 0 spiro atoms. The van der Waals surface area contributed by atoms with Crippen LogP contribution in [0.15, 0.2) is 12.1 Å². The molecule has 100 valence electrons. The molecule has 1 amide bonds. The molecule has 18 heavy (non-hydrogen) atoms. The van der Waals surface area contributed by atoms with E-state index < -0.39 is 11.4 Å². The lowest BCUT2D eigenvalue weighted by atomic mass is 10.2.